The first-order chi connectivity index (χ1) is 9.22. The molecule has 19 heavy (non-hydrogen) atoms. The maximum atomic E-state index is 11.8. The molecule has 1 saturated heterocycles. The Kier molecular flexibility index (Phi) is 3.44. The van der Waals surface area contributed by atoms with E-state index in [0.29, 0.717) is 11.7 Å². The highest BCUT2D eigenvalue weighted by molar-refractivity contribution is 7.09. The highest BCUT2D eigenvalue weighted by Crippen LogP contribution is 2.23. The minimum atomic E-state index is -0.101. The van der Waals surface area contributed by atoms with Crippen molar-refractivity contribution < 1.29 is 0 Å². The summed E-state index contributed by atoms with van der Waals surface area (Å²) < 4.78 is 0. The van der Waals surface area contributed by atoms with Gasteiger partial charge in [0.15, 0.2) is 5.82 Å². The number of piperidine rings is 1. The number of aryl methyl sites for hydroxylation is 1. The fourth-order valence-corrected chi connectivity index (χ4v) is 2.98. The Morgan fingerprint density at radius 2 is 2.32 bits per heavy atom. The number of nitrogens with one attached hydrogen (secondary N) is 2. The maximum Gasteiger partial charge on any atom is 0.251 e. The minimum Gasteiger partial charge on any atom is -0.316 e. The molecule has 0 radical (unpaired) electrons. The second-order valence-corrected chi connectivity index (χ2v) is 5.88. The van der Waals surface area contributed by atoms with Crippen LogP contribution in [0.1, 0.15) is 29.5 Å². The van der Waals surface area contributed by atoms with Gasteiger partial charge in [0, 0.05) is 23.9 Å². The van der Waals surface area contributed by atoms with E-state index in [1.807, 2.05) is 12.3 Å². The molecule has 2 N–H and O–H groups in total. The normalized spacial score (nSPS) is 19.5. The lowest BCUT2D eigenvalue weighted by atomic mass is 9.96. The van der Waals surface area contributed by atoms with E-state index in [1.165, 1.54) is 0 Å². The maximum absolute atomic E-state index is 11.8. The summed E-state index contributed by atoms with van der Waals surface area (Å²) >= 11 is 1.56. The molecule has 5 nitrogen and oxygen atoms in total. The van der Waals surface area contributed by atoms with E-state index < -0.39 is 0 Å². The number of thiazole rings is 1. The molecule has 0 bridgehead atoms. The third-order valence-corrected chi connectivity index (χ3v) is 4.11. The monoisotopic (exact) mass is 276 g/mol. The van der Waals surface area contributed by atoms with Gasteiger partial charge in [0.05, 0.1) is 10.7 Å². The molecule has 1 fully saturated rings. The SMILES string of the molecule is Cc1nc(-c2nc(C3CCCNC3)cc(=O)[nH]2)cs1. The van der Waals surface area contributed by atoms with Crippen LogP contribution in [0.5, 0.6) is 0 Å². The molecule has 0 amide bonds. The standard InChI is InChI=1S/C13H16N4OS/c1-8-15-11(7-19-8)13-16-10(5-12(18)17-13)9-3-2-4-14-6-9/h5,7,9,14H,2-4,6H2,1H3,(H,16,17,18). The fourth-order valence-electron chi connectivity index (χ4n) is 2.38. The number of aromatic nitrogens is 3. The Balaban J connectivity index is 1.98. The van der Waals surface area contributed by atoms with E-state index in [0.717, 1.165) is 42.3 Å². The Bertz CT molecular complexity index is 628. The van der Waals surface area contributed by atoms with Crippen LogP contribution < -0.4 is 10.9 Å². The first-order valence-corrected chi connectivity index (χ1v) is 7.35. The second-order valence-electron chi connectivity index (χ2n) is 4.81. The second kappa shape index (κ2) is 5.22. The number of rotatable bonds is 2. The number of H-pyrrole nitrogens is 1. The zero-order chi connectivity index (χ0) is 13.2. The quantitative estimate of drug-likeness (QED) is 0.875. The molecule has 3 rings (SSSR count). The van der Waals surface area contributed by atoms with E-state index in [9.17, 15) is 4.79 Å². The van der Waals surface area contributed by atoms with Crippen molar-refractivity contribution in [2.24, 2.45) is 0 Å². The van der Waals surface area contributed by atoms with Crippen molar-refractivity contribution in [3.05, 3.63) is 32.5 Å². The van der Waals surface area contributed by atoms with Crippen LogP contribution in [-0.2, 0) is 0 Å². The van der Waals surface area contributed by atoms with Gasteiger partial charge in [-0.3, -0.25) is 4.79 Å². The predicted octanol–water partition coefficient (Wildman–Crippen LogP) is 1.67. The molecule has 2 aromatic heterocycles. The van der Waals surface area contributed by atoms with E-state index in [-0.39, 0.29) is 5.56 Å². The molecule has 1 atom stereocenters. The molecule has 0 spiro atoms. The lowest BCUT2D eigenvalue weighted by molar-refractivity contribution is 0.454. The van der Waals surface area contributed by atoms with Gasteiger partial charge >= 0.3 is 0 Å². The fraction of sp³-hybridized carbons (Fsp3) is 0.462. The third-order valence-electron chi connectivity index (χ3n) is 3.34. The average molecular weight is 276 g/mol. The lowest BCUT2D eigenvalue weighted by Gasteiger charge is -2.22. The Labute approximate surface area is 115 Å². The zero-order valence-electron chi connectivity index (χ0n) is 10.8. The lowest BCUT2D eigenvalue weighted by Crippen LogP contribution is -2.29. The molecular weight excluding hydrogens is 260 g/mol. The predicted molar refractivity (Wildman–Crippen MR) is 75.5 cm³/mol. The largest absolute Gasteiger partial charge is 0.316 e. The van der Waals surface area contributed by atoms with Crippen LogP contribution >= 0.6 is 11.3 Å². The van der Waals surface area contributed by atoms with Crippen molar-refractivity contribution in [1.29, 1.82) is 0 Å². The molecule has 100 valence electrons. The zero-order valence-corrected chi connectivity index (χ0v) is 11.6. The van der Waals surface area contributed by atoms with Gasteiger partial charge in [-0.25, -0.2) is 9.97 Å². The van der Waals surface area contributed by atoms with Gasteiger partial charge < -0.3 is 10.3 Å². The summed E-state index contributed by atoms with van der Waals surface area (Å²) in [4.78, 5) is 23.5. The molecule has 0 saturated carbocycles. The molecule has 2 aromatic rings. The van der Waals surface area contributed by atoms with Crippen molar-refractivity contribution >= 4 is 11.3 Å². The van der Waals surface area contributed by atoms with Crippen molar-refractivity contribution in [2.75, 3.05) is 13.1 Å². The molecule has 0 aliphatic carbocycles. The minimum absolute atomic E-state index is 0.101. The Morgan fingerprint density at radius 1 is 1.42 bits per heavy atom. The van der Waals surface area contributed by atoms with Crippen LogP contribution in [0.3, 0.4) is 0 Å². The van der Waals surface area contributed by atoms with Crippen LogP contribution in [0.15, 0.2) is 16.2 Å². The highest BCUT2D eigenvalue weighted by Gasteiger charge is 2.18. The molecule has 6 heteroatoms. The van der Waals surface area contributed by atoms with Crippen LogP contribution in [0, 0.1) is 6.92 Å². The van der Waals surface area contributed by atoms with Gasteiger partial charge in [-0.2, -0.15) is 0 Å². The van der Waals surface area contributed by atoms with Crippen LogP contribution in [0.2, 0.25) is 0 Å². The van der Waals surface area contributed by atoms with E-state index in [4.69, 9.17) is 0 Å². The molecular formula is C13H16N4OS. The summed E-state index contributed by atoms with van der Waals surface area (Å²) in [6.07, 6.45) is 2.21. The molecule has 1 unspecified atom stereocenters. The van der Waals surface area contributed by atoms with Crippen LogP contribution in [-0.4, -0.2) is 28.0 Å². The first kappa shape index (κ1) is 12.5. The van der Waals surface area contributed by atoms with Crippen LogP contribution in [0.25, 0.3) is 11.5 Å². The van der Waals surface area contributed by atoms with Crippen LogP contribution in [0.4, 0.5) is 0 Å². The third kappa shape index (κ3) is 2.74. The number of hydrogen-bond donors (Lipinski definition) is 2. The number of aromatic amines is 1. The summed E-state index contributed by atoms with van der Waals surface area (Å²) in [6.45, 7) is 3.89. The van der Waals surface area contributed by atoms with Crippen molar-refractivity contribution in [3.8, 4) is 11.5 Å². The van der Waals surface area contributed by atoms with Gasteiger partial charge in [0.25, 0.3) is 5.56 Å². The summed E-state index contributed by atoms with van der Waals surface area (Å²) in [5.74, 6) is 0.909. The van der Waals surface area contributed by atoms with Crippen molar-refractivity contribution in [2.45, 2.75) is 25.7 Å². The van der Waals surface area contributed by atoms with Gasteiger partial charge in [0.1, 0.15) is 5.69 Å². The van der Waals surface area contributed by atoms with E-state index in [1.54, 1.807) is 17.4 Å². The summed E-state index contributed by atoms with van der Waals surface area (Å²) in [5.41, 5.74) is 1.53. The molecule has 1 aliphatic heterocycles. The molecule has 0 aromatic carbocycles. The van der Waals surface area contributed by atoms with Gasteiger partial charge in [-0.05, 0) is 26.3 Å². The van der Waals surface area contributed by atoms with Crippen molar-refractivity contribution in [1.82, 2.24) is 20.3 Å². The number of hydrogen-bond acceptors (Lipinski definition) is 5. The topological polar surface area (TPSA) is 70.7 Å². The molecule has 3 heterocycles. The van der Waals surface area contributed by atoms with Crippen molar-refractivity contribution in [3.63, 3.8) is 0 Å². The van der Waals surface area contributed by atoms with E-state index in [2.05, 4.69) is 20.3 Å². The summed E-state index contributed by atoms with van der Waals surface area (Å²) in [7, 11) is 0. The highest BCUT2D eigenvalue weighted by atomic mass is 32.1. The average Bonchev–Trinajstić information content (AvgIpc) is 2.86. The Morgan fingerprint density at radius 3 is 3.00 bits per heavy atom. The molecule has 1 aliphatic rings. The summed E-state index contributed by atoms with van der Waals surface area (Å²) in [5, 5.41) is 6.25. The summed E-state index contributed by atoms with van der Waals surface area (Å²) in [6, 6.07) is 1.61. The smallest absolute Gasteiger partial charge is 0.251 e. The van der Waals surface area contributed by atoms with Gasteiger partial charge in [0.2, 0.25) is 0 Å². The first-order valence-electron chi connectivity index (χ1n) is 6.47. The number of nitrogens with zero attached hydrogens (tertiary/aromatic N) is 2. The van der Waals surface area contributed by atoms with E-state index >= 15 is 0 Å². The van der Waals surface area contributed by atoms with Gasteiger partial charge in [-0.1, -0.05) is 0 Å². The Hall–Kier alpha value is -1.53. The van der Waals surface area contributed by atoms with Gasteiger partial charge in [-0.15, -0.1) is 11.3 Å².